The molecule has 3 aromatic heterocycles. The summed E-state index contributed by atoms with van der Waals surface area (Å²) in [5.41, 5.74) is 8.26. The Labute approximate surface area is 181 Å². The number of aryl methyl sites for hydroxylation is 1. The minimum atomic E-state index is -1.01. The van der Waals surface area contributed by atoms with Crippen LogP contribution in [0.25, 0.3) is 21.9 Å². The first kappa shape index (κ1) is 19.9. The second kappa shape index (κ2) is 7.56. The van der Waals surface area contributed by atoms with Crippen molar-refractivity contribution in [3.63, 3.8) is 0 Å². The van der Waals surface area contributed by atoms with Gasteiger partial charge in [0.15, 0.2) is 0 Å². The summed E-state index contributed by atoms with van der Waals surface area (Å²) in [6, 6.07) is 6.07. The number of halogens is 2. The Morgan fingerprint density at radius 1 is 1.19 bits per heavy atom. The van der Waals surface area contributed by atoms with E-state index in [1.54, 1.807) is 12.3 Å². The molecule has 4 N–H and O–H groups in total. The third kappa shape index (κ3) is 3.42. The molecule has 1 aliphatic rings. The molecule has 3 heterocycles. The highest BCUT2D eigenvalue weighted by Crippen LogP contribution is 2.34. The van der Waals surface area contributed by atoms with Crippen LogP contribution >= 0.6 is 11.6 Å². The van der Waals surface area contributed by atoms with Gasteiger partial charge < -0.3 is 20.5 Å². The first-order valence-electron chi connectivity index (χ1n) is 9.80. The number of hydrogen-bond acceptors (Lipinski definition) is 6. The summed E-state index contributed by atoms with van der Waals surface area (Å²) in [6.07, 6.45) is 5.72. The molecule has 31 heavy (non-hydrogen) atoms. The van der Waals surface area contributed by atoms with Crippen LogP contribution in [-0.4, -0.2) is 41.9 Å². The van der Waals surface area contributed by atoms with E-state index in [2.05, 4.69) is 15.0 Å². The van der Waals surface area contributed by atoms with E-state index in [9.17, 15) is 14.6 Å². The lowest BCUT2D eigenvalue weighted by molar-refractivity contribution is 0.0317. The molecule has 7 nitrogen and oxygen atoms in total. The Hall–Kier alpha value is -3.07. The van der Waals surface area contributed by atoms with Gasteiger partial charge in [0.2, 0.25) is 0 Å². The molecule has 5 rings (SSSR count). The summed E-state index contributed by atoms with van der Waals surface area (Å²) in [7, 11) is 0. The molecule has 0 saturated heterocycles. The zero-order valence-corrected chi connectivity index (χ0v) is 17.0. The largest absolute Gasteiger partial charge is 0.388 e. The van der Waals surface area contributed by atoms with Crippen molar-refractivity contribution < 1.29 is 14.6 Å². The quantitative estimate of drug-likeness (QED) is 0.421. The van der Waals surface area contributed by atoms with Gasteiger partial charge in [-0.05, 0) is 48.2 Å². The van der Waals surface area contributed by atoms with Crippen molar-refractivity contribution in [1.82, 2.24) is 19.5 Å². The average Bonchev–Trinajstić information content (AvgIpc) is 3.29. The van der Waals surface area contributed by atoms with Crippen molar-refractivity contribution in [3.8, 4) is 0 Å². The zero-order valence-electron chi connectivity index (χ0n) is 16.3. The van der Waals surface area contributed by atoms with Gasteiger partial charge in [0.1, 0.15) is 35.8 Å². The maximum absolute atomic E-state index is 14.5. The van der Waals surface area contributed by atoms with Crippen LogP contribution in [0.5, 0.6) is 0 Å². The smallest absolute Gasteiger partial charge is 0.143 e. The SMILES string of the molecule is Nc1nc2cc(CCC3=CC(n4ccc5cncnc54)C(O)C3O)cc(F)c2cc1Cl. The number of aliphatic hydroxyl groups is 2. The summed E-state index contributed by atoms with van der Waals surface area (Å²) >= 11 is 5.95. The minimum absolute atomic E-state index is 0.147. The summed E-state index contributed by atoms with van der Waals surface area (Å²) in [5.74, 6) is -0.285. The summed E-state index contributed by atoms with van der Waals surface area (Å²) in [6.45, 7) is 0. The number of fused-ring (bicyclic) bond motifs is 2. The van der Waals surface area contributed by atoms with Crippen molar-refractivity contribution >= 4 is 39.4 Å². The fourth-order valence-corrected chi connectivity index (χ4v) is 4.30. The molecule has 3 unspecified atom stereocenters. The standard InChI is InChI=1S/C22H19ClFN5O2/c23-15-8-14-16(24)5-11(6-17(14)28-21(15)25)1-2-12-7-18(20(31)19(12)30)29-4-3-13-9-26-10-27-22(13)29/h3-10,18-20,30-31H,1-2H2,(H2,25,28). The van der Waals surface area contributed by atoms with Crippen LogP contribution in [0.3, 0.4) is 0 Å². The number of aliphatic hydroxyl groups excluding tert-OH is 2. The molecule has 0 amide bonds. The van der Waals surface area contributed by atoms with Gasteiger partial charge >= 0.3 is 0 Å². The van der Waals surface area contributed by atoms with Gasteiger partial charge in [-0.1, -0.05) is 17.7 Å². The molecule has 1 aliphatic carbocycles. The van der Waals surface area contributed by atoms with Gasteiger partial charge in [-0.3, -0.25) is 0 Å². The lowest BCUT2D eigenvalue weighted by atomic mass is 10.0. The first-order valence-corrected chi connectivity index (χ1v) is 10.2. The van der Waals surface area contributed by atoms with E-state index < -0.39 is 24.1 Å². The Morgan fingerprint density at radius 2 is 2.03 bits per heavy atom. The molecule has 0 fully saturated rings. The highest BCUT2D eigenvalue weighted by atomic mass is 35.5. The van der Waals surface area contributed by atoms with E-state index in [4.69, 9.17) is 17.3 Å². The molecule has 0 bridgehead atoms. The average molecular weight is 440 g/mol. The van der Waals surface area contributed by atoms with E-state index in [1.165, 1.54) is 18.5 Å². The Balaban J connectivity index is 1.41. The predicted molar refractivity (Wildman–Crippen MR) is 116 cm³/mol. The van der Waals surface area contributed by atoms with Gasteiger partial charge in [-0.2, -0.15) is 0 Å². The maximum atomic E-state index is 14.5. The van der Waals surface area contributed by atoms with Gasteiger partial charge in [-0.15, -0.1) is 0 Å². The van der Waals surface area contributed by atoms with Crippen LogP contribution < -0.4 is 5.73 Å². The number of rotatable bonds is 4. The van der Waals surface area contributed by atoms with E-state index in [-0.39, 0.29) is 10.8 Å². The van der Waals surface area contributed by atoms with Crippen molar-refractivity contribution in [1.29, 1.82) is 0 Å². The normalized spacial score (nSPS) is 21.2. The monoisotopic (exact) mass is 439 g/mol. The maximum Gasteiger partial charge on any atom is 0.143 e. The van der Waals surface area contributed by atoms with Gasteiger partial charge in [0, 0.05) is 23.2 Å². The van der Waals surface area contributed by atoms with Crippen molar-refractivity contribution in [2.75, 3.05) is 5.73 Å². The second-order valence-corrected chi connectivity index (χ2v) is 8.10. The van der Waals surface area contributed by atoms with Crippen LogP contribution in [-0.2, 0) is 6.42 Å². The topological polar surface area (TPSA) is 110 Å². The van der Waals surface area contributed by atoms with Crippen molar-refractivity contribution in [2.24, 2.45) is 0 Å². The lowest BCUT2D eigenvalue weighted by Gasteiger charge is -2.19. The highest BCUT2D eigenvalue weighted by Gasteiger charge is 2.35. The molecular weight excluding hydrogens is 421 g/mol. The third-order valence-electron chi connectivity index (χ3n) is 5.76. The first-order chi connectivity index (χ1) is 14.9. The summed E-state index contributed by atoms with van der Waals surface area (Å²) in [4.78, 5) is 12.4. The molecule has 0 aliphatic heterocycles. The molecule has 0 radical (unpaired) electrons. The molecule has 158 valence electrons. The summed E-state index contributed by atoms with van der Waals surface area (Å²) < 4.78 is 16.4. The number of nitrogens with two attached hydrogens (primary N) is 1. The van der Waals surface area contributed by atoms with Gasteiger partial charge in [0.25, 0.3) is 0 Å². The molecule has 4 aromatic rings. The number of aromatic nitrogens is 4. The van der Waals surface area contributed by atoms with Crippen LogP contribution in [0.2, 0.25) is 5.02 Å². The fraction of sp³-hybridized carbons (Fsp3) is 0.227. The molecule has 0 saturated carbocycles. The number of benzene rings is 1. The van der Waals surface area contributed by atoms with Crippen LogP contribution in [0.1, 0.15) is 18.0 Å². The number of anilines is 1. The van der Waals surface area contributed by atoms with E-state index in [0.29, 0.717) is 40.5 Å². The van der Waals surface area contributed by atoms with Crippen molar-refractivity contribution in [3.05, 3.63) is 71.0 Å². The van der Waals surface area contributed by atoms with Gasteiger partial charge in [-0.25, -0.2) is 19.3 Å². The van der Waals surface area contributed by atoms with E-state index in [0.717, 1.165) is 5.39 Å². The second-order valence-electron chi connectivity index (χ2n) is 7.69. The Morgan fingerprint density at radius 3 is 2.87 bits per heavy atom. The fourth-order valence-electron chi connectivity index (χ4n) is 4.15. The Bertz CT molecular complexity index is 1340. The third-order valence-corrected chi connectivity index (χ3v) is 6.07. The number of nitrogens with zero attached hydrogens (tertiary/aromatic N) is 4. The van der Waals surface area contributed by atoms with E-state index >= 15 is 0 Å². The van der Waals surface area contributed by atoms with Crippen LogP contribution in [0.15, 0.2) is 54.6 Å². The highest BCUT2D eigenvalue weighted by molar-refractivity contribution is 6.33. The number of nitrogen functional groups attached to an aromatic ring is 1. The molecule has 1 aromatic carbocycles. The Kier molecular flexibility index (Phi) is 4.85. The van der Waals surface area contributed by atoms with Crippen molar-refractivity contribution in [2.45, 2.75) is 31.1 Å². The molecule has 0 spiro atoms. The molecule has 9 heteroatoms. The predicted octanol–water partition coefficient (Wildman–Crippen LogP) is 3.19. The molecular formula is C22H19ClFN5O2. The van der Waals surface area contributed by atoms with Crippen LogP contribution in [0.4, 0.5) is 10.2 Å². The summed E-state index contributed by atoms with van der Waals surface area (Å²) in [5, 5.41) is 22.6. The van der Waals surface area contributed by atoms with Crippen LogP contribution in [0, 0.1) is 5.82 Å². The minimum Gasteiger partial charge on any atom is -0.388 e. The number of pyridine rings is 1. The number of hydrogen-bond donors (Lipinski definition) is 3. The zero-order chi connectivity index (χ0) is 21.7. The van der Waals surface area contributed by atoms with E-state index in [1.807, 2.05) is 22.9 Å². The van der Waals surface area contributed by atoms with Gasteiger partial charge in [0.05, 0.1) is 16.6 Å². The lowest BCUT2D eigenvalue weighted by Crippen LogP contribution is -2.29. The molecule has 3 atom stereocenters.